The van der Waals surface area contributed by atoms with Gasteiger partial charge >= 0.3 is 0 Å². The number of hydrogen-bond acceptors (Lipinski definition) is 5. The maximum atomic E-state index is 13.8. The summed E-state index contributed by atoms with van der Waals surface area (Å²) in [5.41, 5.74) is 0.332. The number of furan rings is 1. The van der Waals surface area contributed by atoms with Gasteiger partial charge in [0, 0.05) is 17.7 Å². The fourth-order valence-electron chi connectivity index (χ4n) is 2.36. The summed E-state index contributed by atoms with van der Waals surface area (Å²) in [6.45, 7) is 1.79. The minimum atomic E-state index is -3.85. The molecule has 0 unspecified atom stereocenters. The molecule has 0 fully saturated rings. The molecular formula is C18H16FNO4S2. The van der Waals surface area contributed by atoms with Gasteiger partial charge in [0.2, 0.25) is 5.91 Å². The Kier molecular flexibility index (Phi) is 5.24. The number of halogens is 1. The standard InChI is InChI=1S/C18H16FNO4S2/c1-12-6-11-18(25-12)26(22,23)20-17(21)10-8-13-7-9-16(24-13)14-4-2-3-5-15(14)19/h2-7,9,11H,8,10H2,1H3,(H,20,21). The van der Waals surface area contributed by atoms with Crippen molar-refractivity contribution in [3.63, 3.8) is 0 Å². The molecule has 0 aliphatic heterocycles. The fourth-order valence-corrected chi connectivity index (χ4v) is 4.66. The van der Waals surface area contributed by atoms with E-state index in [1.165, 1.54) is 12.1 Å². The molecule has 0 aliphatic rings. The molecule has 2 aromatic heterocycles. The van der Waals surface area contributed by atoms with E-state index in [1.807, 2.05) is 4.72 Å². The third-order valence-corrected chi connectivity index (χ3v) is 6.49. The van der Waals surface area contributed by atoms with E-state index in [0.717, 1.165) is 16.2 Å². The molecule has 1 N–H and O–H groups in total. The molecule has 136 valence electrons. The first-order chi connectivity index (χ1) is 12.3. The SMILES string of the molecule is Cc1ccc(S(=O)(=O)NC(=O)CCc2ccc(-c3ccccc3F)o2)s1. The highest BCUT2D eigenvalue weighted by atomic mass is 32.2. The van der Waals surface area contributed by atoms with Crippen LogP contribution in [-0.2, 0) is 21.2 Å². The maximum Gasteiger partial charge on any atom is 0.273 e. The lowest BCUT2D eigenvalue weighted by atomic mass is 10.1. The number of benzene rings is 1. The molecule has 5 nitrogen and oxygen atoms in total. The highest BCUT2D eigenvalue weighted by Crippen LogP contribution is 2.25. The monoisotopic (exact) mass is 393 g/mol. The number of nitrogens with one attached hydrogen (secondary N) is 1. The number of carbonyl (C=O) groups excluding carboxylic acids is 1. The smallest absolute Gasteiger partial charge is 0.273 e. The summed E-state index contributed by atoms with van der Waals surface area (Å²) < 4.78 is 45.7. The van der Waals surface area contributed by atoms with Crippen molar-refractivity contribution in [2.45, 2.75) is 24.0 Å². The van der Waals surface area contributed by atoms with Crippen molar-refractivity contribution >= 4 is 27.3 Å². The highest BCUT2D eigenvalue weighted by Gasteiger charge is 2.19. The first-order valence-corrected chi connectivity index (χ1v) is 10.1. The Bertz CT molecular complexity index is 1040. The van der Waals surface area contributed by atoms with Gasteiger partial charge < -0.3 is 4.42 Å². The predicted molar refractivity (Wildman–Crippen MR) is 96.8 cm³/mol. The van der Waals surface area contributed by atoms with Crippen LogP contribution in [0.2, 0.25) is 0 Å². The lowest BCUT2D eigenvalue weighted by Gasteiger charge is -2.04. The minimum absolute atomic E-state index is 0.0617. The van der Waals surface area contributed by atoms with E-state index in [0.29, 0.717) is 17.1 Å². The summed E-state index contributed by atoms with van der Waals surface area (Å²) in [5, 5.41) is 0. The predicted octanol–water partition coefficient (Wildman–Crippen LogP) is 3.89. The quantitative estimate of drug-likeness (QED) is 0.689. The number of rotatable bonds is 6. The van der Waals surface area contributed by atoms with Crippen LogP contribution in [0.5, 0.6) is 0 Å². The molecule has 0 saturated heterocycles. The maximum absolute atomic E-state index is 13.8. The summed E-state index contributed by atoms with van der Waals surface area (Å²) in [5.74, 6) is -0.189. The van der Waals surface area contributed by atoms with E-state index in [1.54, 1.807) is 43.3 Å². The van der Waals surface area contributed by atoms with Gasteiger partial charge in [-0.25, -0.2) is 17.5 Å². The summed E-state index contributed by atoms with van der Waals surface area (Å²) in [6.07, 6.45) is 0.146. The summed E-state index contributed by atoms with van der Waals surface area (Å²) in [6, 6.07) is 12.6. The molecule has 8 heteroatoms. The van der Waals surface area contributed by atoms with Crippen LogP contribution >= 0.6 is 11.3 Å². The Hall–Kier alpha value is -2.45. The van der Waals surface area contributed by atoms with Gasteiger partial charge in [0.15, 0.2) is 0 Å². The molecule has 0 atom stereocenters. The van der Waals surface area contributed by atoms with Gasteiger partial charge in [-0.1, -0.05) is 12.1 Å². The summed E-state index contributed by atoms with van der Waals surface area (Å²) in [4.78, 5) is 12.8. The van der Waals surface area contributed by atoms with Crippen molar-refractivity contribution in [2.24, 2.45) is 0 Å². The lowest BCUT2D eigenvalue weighted by molar-refractivity contribution is -0.119. The zero-order chi connectivity index (χ0) is 18.7. The van der Waals surface area contributed by atoms with Gasteiger partial charge in [0.1, 0.15) is 21.5 Å². The number of carbonyl (C=O) groups is 1. The molecule has 1 amide bonds. The van der Waals surface area contributed by atoms with Crippen molar-refractivity contribution in [3.05, 3.63) is 65.0 Å². The average molecular weight is 393 g/mol. The Morgan fingerprint density at radius 1 is 1.15 bits per heavy atom. The van der Waals surface area contributed by atoms with Gasteiger partial charge in [0.05, 0.1) is 5.56 Å². The summed E-state index contributed by atoms with van der Waals surface area (Å²) in [7, 11) is -3.85. The second kappa shape index (κ2) is 7.43. The lowest BCUT2D eigenvalue weighted by Crippen LogP contribution is -2.30. The number of amides is 1. The van der Waals surface area contributed by atoms with Crippen LogP contribution in [0.25, 0.3) is 11.3 Å². The van der Waals surface area contributed by atoms with E-state index < -0.39 is 21.7 Å². The van der Waals surface area contributed by atoms with Crippen LogP contribution in [0.1, 0.15) is 17.1 Å². The average Bonchev–Trinajstić information content (AvgIpc) is 3.22. The third-order valence-electron chi connectivity index (χ3n) is 3.63. The van der Waals surface area contributed by atoms with Crippen LogP contribution in [0, 0.1) is 12.7 Å². The van der Waals surface area contributed by atoms with Gasteiger partial charge in [-0.3, -0.25) is 4.79 Å². The number of sulfonamides is 1. The van der Waals surface area contributed by atoms with Crippen molar-refractivity contribution in [1.82, 2.24) is 4.72 Å². The largest absolute Gasteiger partial charge is 0.461 e. The fraction of sp³-hybridized carbons (Fsp3) is 0.167. The molecule has 2 heterocycles. The summed E-state index contributed by atoms with van der Waals surface area (Å²) >= 11 is 1.10. The van der Waals surface area contributed by atoms with Gasteiger partial charge in [-0.2, -0.15) is 0 Å². The number of aryl methyl sites for hydroxylation is 2. The third kappa shape index (κ3) is 4.20. The first kappa shape index (κ1) is 18.3. The van der Waals surface area contributed by atoms with Crippen molar-refractivity contribution in [1.29, 1.82) is 0 Å². The molecular weight excluding hydrogens is 377 g/mol. The molecule has 0 aliphatic carbocycles. The topological polar surface area (TPSA) is 76.4 Å². The van der Waals surface area contributed by atoms with E-state index >= 15 is 0 Å². The molecule has 1 aromatic carbocycles. The molecule has 0 bridgehead atoms. The first-order valence-electron chi connectivity index (χ1n) is 7.81. The van der Waals surface area contributed by atoms with Crippen LogP contribution < -0.4 is 4.72 Å². The Labute approximate surface area is 154 Å². The van der Waals surface area contributed by atoms with Crippen LogP contribution in [0.4, 0.5) is 4.39 Å². The normalized spacial score (nSPS) is 11.5. The van der Waals surface area contributed by atoms with Gasteiger partial charge in [-0.05, 0) is 43.3 Å². The van der Waals surface area contributed by atoms with E-state index in [-0.39, 0.29) is 17.1 Å². The zero-order valence-electron chi connectivity index (χ0n) is 13.9. The van der Waals surface area contributed by atoms with Crippen LogP contribution in [-0.4, -0.2) is 14.3 Å². The van der Waals surface area contributed by atoms with Gasteiger partial charge in [0.25, 0.3) is 10.0 Å². The molecule has 3 rings (SSSR count). The van der Waals surface area contributed by atoms with Crippen molar-refractivity contribution in [2.75, 3.05) is 0 Å². The second-order valence-electron chi connectivity index (χ2n) is 5.64. The van der Waals surface area contributed by atoms with E-state index in [2.05, 4.69) is 0 Å². The Morgan fingerprint density at radius 3 is 2.62 bits per heavy atom. The van der Waals surface area contributed by atoms with Gasteiger partial charge in [-0.15, -0.1) is 11.3 Å². The molecule has 26 heavy (non-hydrogen) atoms. The highest BCUT2D eigenvalue weighted by molar-refractivity contribution is 7.92. The number of thiophene rings is 1. The Morgan fingerprint density at radius 2 is 1.92 bits per heavy atom. The van der Waals surface area contributed by atoms with Crippen molar-refractivity contribution in [3.8, 4) is 11.3 Å². The van der Waals surface area contributed by atoms with Crippen molar-refractivity contribution < 1.29 is 22.0 Å². The van der Waals surface area contributed by atoms with E-state index in [9.17, 15) is 17.6 Å². The zero-order valence-corrected chi connectivity index (χ0v) is 15.5. The molecule has 0 spiro atoms. The number of hydrogen-bond donors (Lipinski definition) is 1. The molecule has 0 saturated carbocycles. The van der Waals surface area contributed by atoms with Crippen LogP contribution in [0.3, 0.4) is 0 Å². The minimum Gasteiger partial charge on any atom is -0.461 e. The molecule has 0 radical (unpaired) electrons. The Balaban J connectivity index is 1.61. The van der Waals surface area contributed by atoms with Crippen LogP contribution in [0.15, 0.2) is 57.2 Å². The van der Waals surface area contributed by atoms with E-state index in [4.69, 9.17) is 4.42 Å². The molecule has 3 aromatic rings. The second-order valence-corrected chi connectivity index (χ2v) is 8.84.